The quantitative estimate of drug-likeness (QED) is 0.748. The lowest BCUT2D eigenvalue weighted by molar-refractivity contribution is -0.150. The van der Waals surface area contributed by atoms with Gasteiger partial charge in [0.2, 0.25) is 11.8 Å². The van der Waals surface area contributed by atoms with E-state index in [4.69, 9.17) is 4.74 Å². The van der Waals surface area contributed by atoms with E-state index in [0.29, 0.717) is 12.2 Å². The van der Waals surface area contributed by atoms with Gasteiger partial charge in [-0.15, -0.1) is 0 Å². The standard InChI is InChI=1S/C16H19FN2O5/c1-16(9-24-2,15(22)23)18-13(20)12-7-8-19(14(12)21)11-5-3-10(17)4-6-11/h3-6,12H,7-9H2,1-2H3,(H,18,20)(H,22,23). The van der Waals surface area contributed by atoms with Crippen molar-refractivity contribution >= 4 is 23.5 Å². The molecule has 1 aliphatic rings. The van der Waals surface area contributed by atoms with Gasteiger partial charge in [0.15, 0.2) is 5.54 Å². The van der Waals surface area contributed by atoms with E-state index in [1.807, 2.05) is 0 Å². The third kappa shape index (κ3) is 3.53. The summed E-state index contributed by atoms with van der Waals surface area (Å²) in [5.41, 5.74) is -1.12. The molecule has 2 unspecified atom stereocenters. The normalized spacial score (nSPS) is 19.9. The fourth-order valence-electron chi connectivity index (χ4n) is 2.60. The summed E-state index contributed by atoms with van der Waals surface area (Å²) in [6.07, 6.45) is 0.255. The zero-order chi connectivity index (χ0) is 17.9. The molecule has 130 valence electrons. The molecule has 24 heavy (non-hydrogen) atoms. The molecule has 1 aromatic rings. The van der Waals surface area contributed by atoms with E-state index in [2.05, 4.69) is 5.32 Å². The SMILES string of the molecule is COCC(C)(NC(=O)C1CCN(c2ccc(F)cc2)C1=O)C(=O)O. The fraction of sp³-hybridized carbons (Fsp3) is 0.438. The molecule has 2 rings (SSSR count). The van der Waals surface area contributed by atoms with Crippen molar-refractivity contribution in [1.29, 1.82) is 0 Å². The molecule has 0 radical (unpaired) electrons. The van der Waals surface area contributed by atoms with E-state index >= 15 is 0 Å². The van der Waals surface area contributed by atoms with Crippen LogP contribution in [0, 0.1) is 11.7 Å². The molecule has 2 N–H and O–H groups in total. The van der Waals surface area contributed by atoms with E-state index in [1.165, 1.54) is 43.2 Å². The maximum absolute atomic E-state index is 13.0. The summed E-state index contributed by atoms with van der Waals surface area (Å²) >= 11 is 0. The molecular formula is C16H19FN2O5. The summed E-state index contributed by atoms with van der Waals surface area (Å²) in [5, 5.41) is 11.6. The number of nitrogens with one attached hydrogen (secondary N) is 1. The third-order valence-corrected chi connectivity index (χ3v) is 3.96. The molecule has 2 amide bonds. The molecular weight excluding hydrogens is 319 g/mol. The number of ether oxygens (including phenoxy) is 1. The van der Waals surface area contributed by atoms with Crippen molar-refractivity contribution in [3.8, 4) is 0 Å². The minimum absolute atomic E-state index is 0.226. The van der Waals surface area contributed by atoms with Crippen LogP contribution in [0.2, 0.25) is 0 Å². The number of rotatable bonds is 6. The number of benzene rings is 1. The minimum Gasteiger partial charge on any atom is -0.479 e. The van der Waals surface area contributed by atoms with E-state index < -0.39 is 35.1 Å². The Balaban J connectivity index is 2.10. The van der Waals surface area contributed by atoms with Crippen LogP contribution in [0.1, 0.15) is 13.3 Å². The van der Waals surface area contributed by atoms with Gasteiger partial charge in [0.05, 0.1) is 6.61 Å². The van der Waals surface area contributed by atoms with Gasteiger partial charge in [-0.1, -0.05) is 0 Å². The first kappa shape index (κ1) is 17.9. The Morgan fingerprint density at radius 1 is 1.42 bits per heavy atom. The van der Waals surface area contributed by atoms with E-state index in [9.17, 15) is 23.9 Å². The molecule has 0 aliphatic carbocycles. The number of amides is 2. The van der Waals surface area contributed by atoms with Crippen LogP contribution in [-0.2, 0) is 19.1 Å². The Labute approximate surface area is 138 Å². The number of carbonyl (C=O) groups excluding carboxylic acids is 2. The predicted octanol–water partition coefficient (Wildman–Crippen LogP) is 0.784. The largest absolute Gasteiger partial charge is 0.479 e. The summed E-state index contributed by atoms with van der Waals surface area (Å²) < 4.78 is 17.8. The Morgan fingerprint density at radius 3 is 2.58 bits per heavy atom. The van der Waals surface area contributed by atoms with Crippen molar-refractivity contribution in [2.24, 2.45) is 5.92 Å². The van der Waals surface area contributed by atoms with Crippen LogP contribution in [0.3, 0.4) is 0 Å². The Bertz CT molecular complexity index is 648. The molecule has 7 nitrogen and oxygen atoms in total. The zero-order valence-corrected chi connectivity index (χ0v) is 13.4. The molecule has 1 saturated heterocycles. The van der Waals surface area contributed by atoms with Crippen LogP contribution in [0.25, 0.3) is 0 Å². The second kappa shape index (κ2) is 6.96. The highest BCUT2D eigenvalue weighted by molar-refractivity contribution is 6.10. The maximum atomic E-state index is 13.0. The first-order valence-electron chi connectivity index (χ1n) is 7.40. The number of methoxy groups -OCH3 is 1. The average Bonchev–Trinajstić information content (AvgIpc) is 2.90. The molecule has 1 aromatic carbocycles. The molecule has 8 heteroatoms. The van der Waals surface area contributed by atoms with Crippen molar-refractivity contribution in [3.05, 3.63) is 30.1 Å². The van der Waals surface area contributed by atoms with Crippen molar-refractivity contribution < 1.29 is 28.6 Å². The van der Waals surface area contributed by atoms with Gasteiger partial charge in [-0.25, -0.2) is 9.18 Å². The van der Waals surface area contributed by atoms with Crippen LogP contribution in [0.4, 0.5) is 10.1 Å². The van der Waals surface area contributed by atoms with E-state index in [0.717, 1.165) is 0 Å². The van der Waals surface area contributed by atoms with Crippen molar-refractivity contribution in [2.75, 3.05) is 25.2 Å². The zero-order valence-electron chi connectivity index (χ0n) is 13.4. The molecule has 0 saturated carbocycles. The Morgan fingerprint density at radius 2 is 2.04 bits per heavy atom. The minimum atomic E-state index is -1.62. The van der Waals surface area contributed by atoms with E-state index in [-0.39, 0.29) is 13.0 Å². The number of hydrogen-bond acceptors (Lipinski definition) is 4. The maximum Gasteiger partial charge on any atom is 0.331 e. The van der Waals surface area contributed by atoms with Gasteiger partial charge in [-0.3, -0.25) is 9.59 Å². The number of nitrogens with zero attached hydrogens (tertiary/aromatic N) is 1. The number of aliphatic carboxylic acids is 1. The second-order valence-corrected chi connectivity index (χ2v) is 5.87. The third-order valence-electron chi connectivity index (χ3n) is 3.96. The number of anilines is 1. The molecule has 1 heterocycles. The second-order valence-electron chi connectivity index (χ2n) is 5.87. The lowest BCUT2D eigenvalue weighted by atomic mass is 10.0. The lowest BCUT2D eigenvalue weighted by Crippen LogP contribution is -2.57. The highest BCUT2D eigenvalue weighted by Gasteiger charge is 2.42. The van der Waals surface area contributed by atoms with Gasteiger partial charge in [-0.2, -0.15) is 0 Å². The van der Waals surface area contributed by atoms with Crippen LogP contribution in [-0.4, -0.2) is 48.7 Å². The van der Waals surface area contributed by atoms with Gasteiger partial charge in [-0.05, 0) is 37.6 Å². The fourth-order valence-corrected chi connectivity index (χ4v) is 2.60. The lowest BCUT2D eigenvalue weighted by Gasteiger charge is -2.26. The number of carbonyl (C=O) groups is 3. The summed E-state index contributed by atoms with van der Waals surface area (Å²) in [7, 11) is 1.32. The Hall–Kier alpha value is -2.48. The first-order valence-corrected chi connectivity index (χ1v) is 7.40. The van der Waals surface area contributed by atoms with Crippen LogP contribution < -0.4 is 10.2 Å². The monoisotopic (exact) mass is 338 g/mol. The van der Waals surface area contributed by atoms with Crippen molar-refractivity contribution in [2.45, 2.75) is 18.9 Å². The molecule has 1 aliphatic heterocycles. The number of halogens is 1. The summed E-state index contributed by atoms with van der Waals surface area (Å²) in [5.74, 6) is -3.75. The van der Waals surface area contributed by atoms with Gasteiger partial charge in [0, 0.05) is 19.3 Å². The van der Waals surface area contributed by atoms with Crippen LogP contribution >= 0.6 is 0 Å². The summed E-state index contributed by atoms with van der Waals surface area (Å²) in [6.45, 7) is 1.39. The van der Waals surface area contributed by atoms with Gasteiger partial charge >= 0.3 is 5.97 Å². The Kier molecular flexibility index (Phi) is 5.18. The van der Waals surface area contributed by atoms with Crippen molar-refractivity contribution in [1.82, 2.24) is 5.32 Å². The van der Waals surface area contributed by atoms with Crippen molar-refractivity contribution in [3.63, 3.8) is 0 Å². The molecule has 1 fully saturated rings. The summed E-state index contributed by atoms with van der Waals surface area (Å²) in [4.78, 5) is 37.5. The molecule has 0 aromatic heterocycles. The highest BCUT2D eigenvalue weighted by Crippen LogP contribution is 2.26. The topological polar surface area (TPSA) is 95.9 Å². The van der Waals surface area contributed by atoms with E-state index in [1.54, 1.807) is 0 Å². The van der Waals surface area contributed by atoms with Gasteiger partial charge in [0.25, 0.3) is 0 Å². The van der Waals surface area contributed by atoms with Gasteiger partial charge < -0.3 is 20.1 Å². The first-order chi connectivity index (χ1) is 11.3. The van der Waals surface area contributed by atoms with Gasteiger partial charge in [0.1, 0.15) is 11.7 Å². The van der Waals surface area contributed by atoms with Crippen LogP contribution in [0.5, 0.6) is 0 Å². The number of carboxylic acids is 1. The number of hydrogen-bond donors (Lipinski definition) is 2. The van der Waals surface area contributed by atoms with Crippen LogP contribution in [0.15, 0.2) is 24.3 Å². The molecule has 0 spiro atoms. The summed E-state index contributed by atoms with van der Waals surface area (Å²) in [6, 6.07) is 5.38. The number of carboxylic acid groups (broad SMARTS) is 1. The average molecular weight is 338 g/mol. The molecule has 2 atom stereocenters. The predicted molar refractivity (Wildman–Crippen MR) is 82.9 cm³/mol. The smallest absolute Gasteiger partial charge is 0.331 e. The molecule has 0 bridgehead atoms. The highest BCUT2D eigenvalue weighted by atomic mass is 19.1.